The van der Waals surface area contributed by atoms with Crippen molar-refractivity contribution in [3.8, 4) is 0 Å². The molecule has 0 saturated carbocycles. The molecular weight excluding hydrogens is 334 g/mol. The molecule has 1 amide bonds. The van der Waals surface area contributed by atoms with Crippen LogP contribution >= 0.6 is 0 Å². The van der Waals surface area contributed by atoms with Crippen LogP contribution in [0.5, 0.6) is 0 Å². The van der Waals surface area contributed by atoms with E-state index in [0.29, 0.717) is 6.42 Å². The van der Waals surface area contributed by atoms with Gasteiger partial charge in [0, 0.05) is 50.5 Å². The molecule has 1 saturated heterocycles. The third kappa shape index (κ3) is 5.33. The molecule has 1 fully saturated rings. The molecular formula is C23H31N3O. The summed E-state index contributed by atoms with van der Waals surface area (Å²) in [5, 5.41) is 3.12. The van der Waals surface area contributed by atoms with Crippen LogP contribution in [0.4, 0.5) is 11.4 Å². The van der Waals surface area contributed by atoms with Crippen LogP contribution in [-0.2, 0) is 10.2 Å². The molecule has 0 atom stereocenters. The van der Waals surface area contributed by atoms with Gasteiger partial charge in [-0.1, -0.05) is 57.2 Å². The van der Waals surface area contributed by atoms with Gasteiger partial charge in [-0.05, 0) is 29.2 Å². The second-order valence-corrected chi connectivity index (χ2v) is 8.26. The first-order valence-electron chi connectivity index (χ1n) is 9.85. The highest BCUT2D eigenvalue weighted by Gasteiger charge is 2.20. The van der Waals surface area contributed by atoms with Gasteiger partial charge in [0.15, 0.2) is 0 Å². The van der Waals surface area contributed by atoms with Gasteiger partial charge in [0.2, 0.25) is 5.91 Å². The van der Waals surface area contributed by atoms with Crippen LogP contribution in [0.2, 0.25) is 0 Å². The molecule has 1 N–H and O–H groups in total. The largest absolute Gasteiger partial charge is 0.369 e. The van der Waals surface area contributed by atoms with E-state index in [1.54, 1.807) is 0 Å². The predicted molar refractivity (Wildman–Crippen MR) is 113 cm³/mol. The van der Waals surface area contributed by atoms with Crippen molar-refractivity contribution in [2.24, 2.45) is 0 Å². The molecule has 0 spiro atoms. The number of rotatable bonds is 5. The van der Waals surface area contributed by atoms with Gasteiger partial charge >= 0.3 is 0 Å². The molecule has 2 aromatic rings. The molecule has 1 heterocycles. The maximum Gasteiger partial charge on any atom is 0.225 e. The van der Waals surface area contributed by atoms with Crippen LogP contribution in [-0.4, -0.2) is 43.5 Å². The van der Waals surface area contributed by atoms with Gasteiger partial charge in [-0.3, -0.25) is 9.69 Å². The first-order chi connectivity index (χ1) is 12.9. The maximum atomic E-state index is 12.5. The molecule has 0 bridgehead atoms. The lowest BCUT2D eigenvalue weighted by atomic mass is 9.86. The smallest absolute Gasteiger partial charge is 0.225 e. The molecule has 27 heavy (non-hydrogen) atoms. The highest BCUT2D eigenvalue weighted by Crippen LogP contribution is 2.29. The lowest BCUT2D eigenvalue weighted by Gasteiger charge is -2.36. The Labute approximate surface area is 163 Å². The number of piperazine rings is 1. The Morgan fingerprint density at radius 1 is 0.926 bits per heavy atom. The SMILES string of the molecule is CC(C)(C)c1ccccc1NC(=O)CCN1CCN(c2ccccc2)CC1. The summed E-state index contributed by atoms with van der Waals surface area (Å²) in [5.74, 6) is 0.0946. The molecule has 3 rings (SSSR count). The van der Waals surface area contributed by atoms with Gasteiger partial charge in [0.25, 0.3) is 0 Å². The summed E-state index contributed by atoms with van der Waals surface area (Å²) in [4.78, 5) is 17.3. The van der Waals surface area contributed by atoms with Gasteiger partial charge in [-0.2, -0.15) is 0 Å². The maximum absolute atomic E-state index is 12.5. The van der Waals surface area contributed by atoms with E-state index in [4.69, 9.17) is 0 Å². The fraction of sp³-hybridized carbons (Fsp3) is 0.435. The Kier molecular flexibility index (Phi) is 6.17. The third-order valence-electron chi connectivity index (χ3n) is 5.16. The van der Waals surface area contributed by atoms with E-state index in [-0.39, 0.29) is 11.3 Å². The number of hydrogen-bond acceptors (Lipinski definition) is 3. The average molecular weight is 366 g/mol. The Hall–Kier alpha value is -2.33. The Morgan fingerprint density at radius 2 is 1.56 bits per heavy atom. The fourth-order valence-electron chi connectivity index (χ4n) is 3.59. The van der Waals surface area contributed by atoms with Crippen molar-refractivity contribution >= 4 is 17.3 Å². The highest BCUT2D eigenvalue weighted by atomic mass is 16.1. The molecule has 0 aromatic heterocycles. The van der Waals surface area contributed by atoms with E-state index < -0.39 is 0 Å². The van der Waals surface area contributed by atoms with Crippen LogP contribution in [0.25, 0.3) is 0 Å². The molecule has 2 aromatic carbocycles. The minimum atomic E-state index is 0.0115. The van der Waals surface area contributed by atoms with Crippen molar-refractivity contribution in [1.82, 2.24) is 4.90 Å². The van der Waals surface area contributed by atoms with E-state index >= 15 is 0 Å². The summed E-state index contributed by atoms with van der Waals surface area (Å²) in [6, 6.07) is 18.6. The van der Waals surface area contributed by atoms with Crippen LogP contribution in [0.3, 0.4) is 0 Å². The monoisotopic (exact) mass is 365 g/mol. The quantitative estimate of drug-likeness (QED) is 0.865. The Bertz CT molecular complexity index is 744. The van der Waals surface area contributed by atoms with Gasteiger partial charge < -0.3 is 10.2 Å². The lowest BCUT2D eigenvalue weighted by molar-refractivity contribution is -0.116. The third-order valence-corrected chi connectivity index (χ3v) is 5.16. The molecule has 1 aliphatic heterocycles. The van der Waals surface area contributed by atoms with Gasteiger partial charge in [0.1, 0.15) is 0 Å². The molecule has 0 aliphatic carbocycles. The second-order valence-electron chi connectivity index (χ2n) is 8.26. The minimum absolute atomic E-state index is 0.0115. The van der Waals surface area contributed by atoms with Crippen LogP contribution < -0.4 is 10.2 Å². The van der Waals surface area contributed by atoms with Crippen LogP contribution in [0, 0.1) is 0 Å². The molecule has 0 radical (unpaired) electrons. The molecule has 4 heteroatoms. The van der Waals surface area contributed by atoms with E-state index in [9.17, 15) is 4.79 Å². The minimum Gasteiger partial charge on any atom is -0.369 e. The van der Waals surface area contributed by atoms with Gasteiger partial charge in [0.05, 0.1) is 0 Å². The average Bonchev–Trinajstić information content (AvgIpc) is 2.67. The zero-order valence-corrected chi connectivity index (χ0v) is 16.7. The number of benzene rings is 2. The van der Waals surface area contributed by atoms with E-state index in [0.717, 1.165) is 38.4 Å². The zero-order valence-electron chi connectivity index (χ0n) is 16.7. The normalized spacial score (nSPS) is 15.6. The van der Waals surface area contributed by atoms with E-state index in [1.165, 1.54) is 11.3 Å². The molecule has 1 aliphatic rings. The predicted octanol–water partition coefficient (Wildman–Crippen LogP) is 4.13. The fourth-order valence-corrected chi connectivity index (χ4v) is 3.59. The first kappa shape index (κ1) is 19.4. The number of carbonyl (C=O) groups excluding carboxylic acids is 1. The molecule has 0 unspecified atom stereocenters. The summed E-state index contributed by atoms with van der Waals surface area (Å²) in [5.41, 5.74) is 3.41. The second kappa shape index (κ2) is 8.57. The highest BCUT2D eigenvalue weighted by molar-refractivity contribution is 5.91. The lowest BCUT2D eigenvalue weighted by Crippen LogP contribution is -2.47. The Balaban J connectivity index is 1.47. The van der Waals surface area contributed by atoms with Crippen LogP contribution in [0.1, 0.15) is 32.8 Å². The summed E-state index contributed by atoms with van der Waals surface area (Å²) < 4.78 is 0. The Morgan fingerprint density at radius 3 is 2.22 bits per heavy atom. The number of anilines is 2. The molecule has 4 nitrogen and oxygen atoms in total. The number of carbonyl (C=O) groups is 1. The number of nitrogens with one attached hydrogen (secondary N) is 1. The number of nitrogens with zero attached hydrogens (tertiary/aromatic N) is 2. The van der Waals surface area contributed by atoms with Crippen molar-refractivity contribution < 1.29 is 4.79 Å². The van der Waals surface area contributed by atoms with Crippen molar-refractivity contribution in [2.45, 2.75) is 32.6 Å². The number of para-hydroxylation sites is 2. The van der Waals surface area contributed by atoms with E-state index in [2.05, 4.69) is 72.3 Å². The summed E-state index contributed by atoms with van der Waals surface area (Å²) in [6.45, 7) is 11.4. The van der Waals surface area contributed by atoms with Crippen molar-refractivity contribution in [1.29, 1.82) is 0 Å². The standard InChI is InChI=1S/C23H31N3O/c1-23(2,3)20-11-7-8-12-21(20)24-22(27)13-14-25-15-17-26(18-16-25)19-9-5-4-6-10-19/h4-12H,13-18H2,1-3H3,(H,24,27). The van der Waals surface area contributed by atoms with Gasteiger partial charge in [-0.15, -0.1) is 0 Å². The van der Waals surface area contributed by atoms with E-state index in [1.807, 2.05) is 18.2 Å². The van der Waals surface area contributed by atoms with Gasteiger partial charge in [-0.25, -0.2) is 0 Å². The zero-order chi connectivity index (χ0) is 19.3. The number of amides is 1. The molecule has 144 valence electrons. The summed E-state index contributed by atoms with van der Waals surface area (Å²) in [6.07, 6.45) is 0.532. The van der Waals surface area contributed by atoms with Crippen LogP contribution in [0.15, 0.2) is 54.6 Å². The number of hydrogen-bond donors (Lipinski definition) is 1. The summed E-state index contributed by atoms with van der Waals surface area (Å²) >= 11 is 0. The first-order valence-corrected chi connectivity index (χ1v) is 9.85. The summed E-state index contributed by atoms with van der Waals surface area (Å²) in [7, 11) is 0. The topological polar surface area (TPSA) is 35.6 Å². The van der Waals surface area contributed by atoms with Crippen molar-refractivity contribution in [3.63, 3.8) is 0 Å². The van der Waals surface area contributed by atoms with Crippen molar-refractivity contribution in [2.75, 3.05) is 42.9 Å². The van der Waals surface area contributed by atoms with Crippen molar-refractivity contribution in [3.05, 3.63) is 60.2 Å².